The normalized spacial score (nSPS) is 21.5. The highest BCUT2D eigenvalue weighted by Gasteiger charge is 2.48. The second-order valence-electron chi connectivity index (χ2n) is 12.9. The third-order valence-corrected chi connectivity index (χ3v) is 6.96. The Kier molecular flexibility index (Phi) is 9.64. The van der Waals surface area contributed by atoms with Crippen LogP contribution in [0.2, 0.25) is 0 Å². The smallest absolute Gasteiger partial charge is 0.350 e. The summed E-state index contributed by atoms with van der Waals surface area (Å²) in [5.74, 6) is -4.04. The number of piperidine rings is 1. The Bertz CT molecular complexity index is 919. The van der Waals surface area contributed by atoms with Crippen LogP contribution in [0.25, 0.3) is 0 Å². The lowest BCUT2D eigenvalue weighted by molar-refractivity contribution is -0.175. The van der Waals surface area contributed by atoms with Crippen LogP contribution in [-0.2, 0) is 19.2 Å². The largest absolute Gasteiger partial charge is 0.471 e. The number of carbonyl (C=O) groups excluding carboxylic acids is 4. The maximum Gasteiger partial charge on any atom is 0.471 e. The van der Waals surface area contributed by atoms with E-state index in [-0.39, 0.29) is 30.3 Å². The lowest BCUT2D eigenvalue weighted by Gasteiger charge is -2.34. The van der Waals surface area contributed by atoms with Gasteiger partial charge in [0.2, 0.25) is 17.7 Å². The first kappa shape index (κ1) is 31.6. The van der Waals surface area contributed by atoms with Gasteiger partial charge < -0.3 is 21.3 Å². The topological polar surface area (TPSA) is 129 Å². The monoisotopic (exact) mass is 545 g/mol. The number of halogens is 3. The second-order valence-corrected chi connectivity index (χ2v) is 12.9. The zero-order valence-electron chi connectivity index (χ0n) is 23.2. The molecule has 4 unspecified atom stereocenters. The molecule has 1 aliphatic heterocycles. The van der Waals surface area contributed by atoms with Crippen LogP contribution >= 0.6 is 0 Å². The van der Waals surface area contributed by atoms with Crippen molar-refractivity contribution in [3.05, 3.63) is 0 Å². The molecule has 1 heterocycles. The first-order valence-electron chi connectivity index (χ1n) is 13.0. The molecular formula is C26H42F3N5O4. The summed E-state index contributed by atoms with van der Waals surface area (Å²) in [6.07, 6.45) is -1.11. The van der Waals surface area contributed by atoms with Crippen molar-refractivity contribution in [3.63, 3.8) is 0 Å². The summed E-state index contributed by atoms with van der Waals surface area (Å²) in [5.41, 5.74) is -1.57. The summed E-state index contributed by atoms with van der Waals surface area (Å²) < 4.78 is 38.7. The fourth-order valence-electron chi connectivity index (χ4n) is 4.70. The van der Waals surface area contributed by atoms with Gasteiger partial charge in [-0.2, -0.15) is 13.2 Å². The number of nitrogens with one attached hydrogen (secondary N) is 4. The van der Waals surface area contributed by atoms with E-state index >= 15 is 0 Å². The van der Waals surface area contributed by atoms with Crippen LogP contribution in [0.1, 0.15) is 80.1 Å². The molecule has 2 aliphatic rings. The van der Waals surface area contributed by atoms with Crippen LogP contribution in [0.4, 0.5) is 13.2 Å². The van der Waals surface area contributed by atoms with Gasteiger partial charge in [-0.25, -0.2) is 0 Å². The van der Waals surface area contributed by atoms with Crippen LogP contribution in [0.5, 0.6) is 0 Å². The molecule has 1 spiro atoms. The Labute approximate surface area is 222 Å². The Morgan fingerprint density at radius 1 is 1.03 bits per heavy atom. The molecule has 1 saturated heterocycles. The highest BCUT2D eigenvalue weighted by molar-refractivity contribution is 5.93. The molecule has 4 amide bonds. The van der Waals surface area contributed by atoms with Gasteiger partial charge in [0.1, 0.15) is 12.1 Å². The van der Waals surface area contributed by atoms with E-state index in [1.165, 1.54) is 20.8 Å². The lowest BCUT2D eigenvalue weighted by atomic mass is 9.84. The zero-order valence-corrected chi connectivity index (χ0v) is 23.2. The lowest BCUT2D eigenvalue weighted by Crippen LogP contribution is -2.60. The van der Waals surface area contributed by atoms with Gasteiger partial charge in [0.25, 0.3) is 0 Å². The molecule has 4 atom stereocenters. The second kappa shape index (κ2) is 11.6. The van der Waals surface area contributed by atoms with Crippen LogP contribution in [-0.4, -0.2) is 66.7 Å². The van der Waals surface area contributed by atoms with E-state index in [9.17, 15) is 32.3 Å². The SMILES string of the molecule is C=NCC(CC1CCC2(CC2)NC1=O)NC(=O)C(CC(C)(C)C)NC(=O)C(NC(=O)C(F)(F)F)C(C)(C)C. The summed E-state index contributed by atoms with van der Waals surface area (Å²) in [4.78, 5) is 54.6. The van der Waals surface area contributed by atoms with Crippen LogP contribution in [0.3, 0.4) is 0 Å². The van der Waals surface area contributed by atoms with Gasteiger partial charge in [0.15, 0.2) is 0 Å². The fraction of sp³-hybridized carbons (Fsp3) is 0.808. The van der Waals surface area contributed by atoms with E-state index in [0.29, 0.717) is 12.8 Å². The number of hydrogen-bond acceptors (Lipinski definition) is 5. The minimum absolute atomic E-state index is 0.0509. The average molecular weight is 546 g/mol. The predicted molar refractivity (Wildman–Crippen MR) is 137 cm³/mol. The molecule has 9 nitrogen and oxygen atoms in total. The minimum Gasteiger partial charge on any atom is -0.350 e. The fourth-order valence-corrected chi connectivity index (χ4v) is 4.70. The number of carbonyl (C=O) groups is 4. The number of rotatable bonds is 10. The first-order valence-corrected chi connectivity index (χ1v) is 13.0. The summed E-state index contributed by atoms with van der Waals surface area (Å²) in [7, 11) is 0. The first-order chi connectivity index (χ1) is 17.3. The van der Waals surface area contributed by atoms with E-state index in [4.69, 9.17) is 0 Å². The average Bonchev–Trinajstić information content (AvgIpc) is 3.49. The van der Waals surface area contributed by atoms with Crippen molar-refractivity contribution >= 4 is 30.3 Å². The van der Waals surface area contributed by atoms with Crippen LogP contribution < -0.4 is 21.3 Å². The predicted octanol–water partition coefficient (Wildman–Crippen LogP) is 2.63. The molecule has 1 aliphatic carbocycles. The molecule has 4 N–H and O–H groups in total. The third kappa shape index (κ3) is 9.27. The van der Waals surface area contributed by atoms with E-state index in [2.05, 4.69) is 27.7 Å². The summed E-state index contributed by atoms with van der Waals surface area (Å²) in [6, 6.07) is -3.16. The van der Waals surface area contributed by atoms with Crippen molar-refractivity contribution in [1.82, 2.24) is 21.3 Å². The van der Waals surface area contributed by atoms with E-state index < -0.39 is 52.9 Å². The number of alkyl halides is 3. The van der Waals surface area contributed by atoms with E-state index in [1.54, 1.807) is 5.32 Å². The number of amides is 4. The van der Waals surface area contributed by atoms with Crippen molar-refractivity contribution in [3.8, 4) is 0 Å². The van der Waals surface area contributed by atoms with E-state index in [0.717, 1.165) is 19.3 Å². The van der Waals surface area contributed by atoms with Crippen molar-refractivity contribution in [1.29, 1.82) is 0 Å². The highest BCUT2D eigenvalue weighted by Crippen LogP contribution is 2.44. The van der Waals surface area contributed by atoms with Crippen molar-refractivity contribution < 1.29 is 32.3 Å². The summed E-state index contributed by atoms with van der Waals surface area (Å²) in [6.45, 7) is 13.8. The molecule has 2 fully saturated rings. The molecule has 216 valence electrons. The molecule has 12 heteroatoms. The molecule has 1 saturated carbocycles. The molecule has 0 aromatic rings. The van der Waals surface area contributed by atoms with Gasteiger partial charge in [0, 0.05) is 17.5 Å². The van der Waals surface area contributed by atoms with Gasteiger partial charge in [-0.1, -0.05) is 41.5 Å². The van der Waals surface area contributed by atoms with E-state index in [1.807, 2.05) is 20.8 Å². The standard InChI is InChI=1S/C26H42F3N5O4/c1-23(2,3)13-17(32-21(37)18(24(4,5)6)33-22(38)26(27,28)29)20(36)31-16(14-30-7)12-15-8-9-25(10-11-25)34-19(15)35/h15-18H,7-14H2,1-6H3,(H,31,36)(H,32,37)(H,33,38)(H,34,35). The number of nitrogens with zero attached hydrogens (tertiary/aromatic N) is 1. The molecule has 2 rings (SSSR count). The van der Waals surface area contributed by atoms with Crippen LogP contribution in [0, 0.1) is 16.7 Å². The molecule has 0 aromatic carbocycles. The van der Waals surface area contributed by atoms with Gasteiger partial charge in [-0.3, -0.25) is 24.2 Å². The Balaban J connectivity index is 2.16. The zero-order chi connectivity index (χ0) is 29.1. The summed E-state index contributed by atoms with van der Waals surface area (Å²) >= 11 is 0. The third-order valence-electron chi connectivity index (χ3n) is 6.96. The Morgan fingerprint density at radius 2 is 1.63 bits per heavy atom. The van der Waals surface area contributed by atoms with Crippen molar-refractivity contribution in [2.45, 2.75) is 110 Å². The minimum atomic E-state index is -5.17. The van der Waals surface area contributed by atoms with Gasteiger partial charge in [-0.05, 0) is 56.1 Å². The summed E-state index contributed by atoms with van der Waals surface area (Å²) in [5, 5.41) is 10.3. The quantitative estimate of drug-likeness (QED) is 0.315. The Morgan fingerprint density at radius 3 is 2.08 bits per heavy atom. The number of aliphatic imine (C=N–C) groups is 1. The number of hydrogen-bond donors (Lipinski definition) is 4. The maximum absolute atomic E-state index is 13.4. The maximum atomic E-state index is 13.4. The molecule has 0 aromatic heterocycles. The molecule has 0 bridgehead atoms. The molecular weight excluding hydrogens is 503 g/mol. The van der Waals surface area contributed by atoms with Gasteiger partial charge >= 0.3 is 12.1 Å². The molecule has 0 radical (unpaired) electrons. The van der Waals surface area contributed by atoms with Gasteiger partial charge in [0.05, 0.1) is 6.54 Å². The van der Waals surface area contributed by atoms with Crippen LogP contribution in [0.15, 0.2) is 4.99 Å². The van der Waals surface area contributed by atoms with Crippen molar-refractivity contribution in [2.75, 3.05) is 6.54 Å². The van der Waals surface area contributed by atoms with Crippen molar-refractivity contribution in [2.24, 2.45) is 21.7 Å². The highest BCUT2D eigenvalue weighted by atomic mass is 19.4. The van der Waals surface area contributed by atoms with Gasteiger partial charge in [-0.15, -0.1) is 0 Å². The molecule has 38 heavy (non-hydrogen) atoms. The Hall–Kier alpha value is -2.66.